The van der Waals surface area contributed by atoms with Crippen molar-refractivity contribution in [3.8, 4) is 0 Å². The summed E-state index contributed by atoms with van der Waals surface area (Å²) in [5.41, 5.74) is -3.45. The van der Waals surface area contributed by atoms with Gasteiger partial charge in [-0.05, 0) is 103 Å². The molecule has 9 fully saturated rings. The highest BCUT2D eigenvalue weighted by Gasteiger charge is 2.73. The van der Waals surface area contributed by atoms with Gasteiger partial charge in [-0.2, -0.15) is 0 Å². The highest BCUT2D eigenvalue weighted by Crippen LogP contribution is 2.76. The summed E-state index contributed by atoms with van der Waals surface area (Å²) in [5, 5.41) is 165. The summed E-state index contributed by atoms with van der Waals surface area (Å²) in [6, 6.07) is 0. The first-order valence-electron chi connectivity index (χ1n) is 29.6. The maximum absolute atomic E-state index is 15.4. The molecule has 480 valence electrons. The number of allylic oxidation sites excluding steroid dienone is 2. The average Bonchev–Trinajstić information content (AvgIpc) is 0.690. The highest BCUT2D eigenvalue weighted by atomic mass is 16.8. The van der Waals surface area contributed by atoms with Crippen LogP contribution in [0.3, 0.4) is 0 Å². The van der Waals surface area contributed by atoms with Crippen molar-refractivity contribution >= 4 is 11.9 Å². The van der Waals surface area contributed by atoms with Gasteiger partial charge in [0.2, 0.25) is 6.29 Å². The van der Waals surface area contributed by atoms with Gasteiger partial charge in [0.1, 0.15) is 90.9 Å². The third kappa shape index (κ3) is 10.5. The fourth-order valence-corrected chi connectivity index (χ4v) is 17.4. The number of fused-ring (bicyclic) bond motifs is 7. The molecule has 0 radical (unpaired) electrons. The largest absolute Gasteiger partial charge is 0.479 e. The van der Waals surface area contributed by atoms with Gasteiger partial charge in [-0.3, -0.25) is 4.79 Å². The minimum absolute atomic E-state index is 0.0817. The van der Waals surface area contributed by atoms with Gasteiger partial charge >= 0.3 is 11.9 Å². The van der Waals surface area contributed by atoms with Gasteiger partial charge in [-0.1, -0.05) is 60.1 Å². The molecule has 0 unspecified atom stereocenters. The van der Waals surface area contributed by atoms with Gasteiger partial charge in [-0.25, -0.2) is 4.79 Å². The van der Waals surface area contributed by atoms with Crippen molar-refractivity contribution in [2.75, 3.05) is 19.8 Å². The van der Waals surface area contributed by atoms with Crippen LogP contribution in [0.1, 0.15) is 107 Å². The number of hydrogen-bond acceptors (Lipinski definition) is 26. The van der Waals surface area contributed by atoms with E-state index >= 15 is 4.79 Å². The van der Waals surface area contributed by atoms with Crippen LogP contribution in [0.2, 0.25) is 0 Å². The maximum Gasteiger partial charge on any atom is 0.335 e. The Labute approximate surface area is 486 Å². The fourth-order valence-electron chi connectivity index (χ4n) is 17.4. The number of carbonyl (C=O) groups is 2. The number of aliphatic hydroxyl groups excluding tert-OH is 14. The van der Waals surface area contributed by atoms with Crippen molar-refractivity contribution < 1.29 is 134 Å². The summed E-state index contributed by atoms with van der Waals surface area (Å²) in [6.07, 6.45) is -35.1. The van der Waals surface area contributed by atoms with Crippen LogP contribution >= 0.6 is 0 Å². The predicted molar refractivity (Wildman–Crippen MR) is 279 cm³/mol. The molecular formula is C57H90O27. The van der Waals surface area contributed by atoms with Crippen LogP contribution in [-0.2, 0) is 57.0 Å². The summed E-state index contributed by atoms with van der Waals surface area (Å²) in [7, 11) is 0. The van der Waals surface area contributed by atoms with Gasteiger partial charge in [0.05, 0.1) is 44.2 Å². The lowest BCUT2D eigenvalue weighted by Crippen LogP contribution is -2.70. The Balaban J connectivity index is 0.852. The number of rotatable bonds is 11. The van der Waals surface area contributed by atoms with Crippen molar-refractivity contribution in [1.29, 1.82) is 0 Å². The van der Waals surface area contributed by atoms with Crippen molar-refractivity contribution in [3.05, 3.63) is 11.6 Å². The molecule has 84 heavy (non-hydrogen) atoms. The lowest BCUT2D eigenvalue weighted by Gasteiger charge is -2.72. The molecule has 0 aromatic carbocycles. The number of aliphatic carboxylic acids is 1. The minimum atomic E-state index is -1.98. The van der Waals surface area contributed by atoms with E-state index < -0.39 is 218 Å². The number of carbonyl (C=O) groups excluding carboxylic acids is 1. The lowest BCUT2D eigenvalue weighted by atomic mass is 9.33. The molecule has 10 rings (SSSR count). The zero-order valence-electron chi connectivity index (χ0n) is 48.6. The summed E-state index contributed by atoms with van der Waals surface area (Å²) in [4.78, 5) is 27.4. The van der Waals surface area contributed by atoms with Gasteiger partial charge in [0, 0.05) is 0 Å². The number of ether oxygens (including phenoxy) is 10. The average molecular weight is 1210 g/mol. The van der Waals surface area contributed by atoms with Crippen LogP contribution in [-0.4, -0.2) is 262 Å². The second-order valence-electron chi connectivity index (χ2n) is 28.0. The van der Waals surface area contributed by atoms with Gasteiger partial charge < -0.3 is 124 Å². The molecule has 5 heterocycles. The Morgan fingerprint density at radius 1 is 0.536 bits per heavy atom. The van der Waals surface area contributed by atoms with Crippen LogP contribution < -0.4 is 0 Å². The molecule has 5 aliphatic heterocycles. The molecule has 5 saturated heterocycles. The topological polar surface area (TPSA) is 430 Å². The molecule has 0 amide bonds. The van der Waals surface area contributed by atoms with E-state index in [9.17, 15) is 81.4 Å². The number of carboxylic acid groups (broad SMARTS) is 1. The second kappa shape index (κ2) is 23.2. The molecule has 32 atom stereocenters. The minimum Gasteiger partial charge on any atom is -0.479 e. The quantitative estimate of drug-likeness (QED) is 0.0549. The third-order valence-corrected chi connectivity index (χ3v) is 22.2. The molecule has 4 saturated carbocycles. The number of hydrogen-bond donors (Lipinski definition) is 15. The van der Waals surface area contributed by atoms with E-state index in [1.807, 2.05) is 13.8 Å². The summed E-state index contributed by atoms with van der Waals surface area (Å²) in [5.74, 6) is -3.15. The zero-order valence-corrected chi connectivity index (χ0v) is 48.6. The van der Waals surface area contributed by atoms with Gasteiger partial charge in [0.25, 0.3) is 0 Å². The van der Waals surface area contributed by atoms with E-state index in [4.69, 9.17) is 47.4 Å². The SMILES string of the molecule is C[C@@H]1O[C@@H](O[C@H]2[C@H](OC(=O)[C@]34CCC(C)(C)C[C@H]3C3=CC[C@@H]5[C@@]6(C)C[C@H](O)[C@H](O[C@@H]7O[C@H](C(=O)O)[C@@H](O)[C@H](O)[C@H]7O)C(C)(C)[C@@H]6CC[C@@]5(C)[C@]3(C)C[C@H]4O)OC[C@H](O)[C@@H]2O)[C@H](O)[C@H](O)[C@H]1O[C@@H]1OC[C@@H](O)[C@H](O[C@@H]2OC[C@@H](O)[C@H](O)[C@H]2O)[C@H]1O. The monoisotopic (exact) mass is 1210 g/mol. The van der Waals surface area contributed by atoms with E-state index in [1.165, 1.54) is 6.92 Å². The predicted octanol–water partition coefficient (Wildman–Crippen LogP) is -3.23. The fraction of sp³-hybridized carbons (Fsp3) is 0.930. The van der Waals surface area contributed by atoms with Gasteiger partial charge in [-0.15, -0.1) is 0 Å². The molecule has 27 nitrogen and oxygen atoms in total. The first-order valence-corrected chi connectivity index (χ1v) is 29.6. The van der Waals surface area contributed by atoms with E-state index in [2.05, 4.69) is 40.7 Å². The zero-order chi connectivity index (χ0) is 61.5. The van der Waals surface area contributed by atoms with Crippen LogP contribution in [0.5, 0.6) is 0 Å². The third-order valence-electron chi connectivity index (χ3n) is 22.2. The van der Waals surface area contributed by atoms with Crippen LogP contribution in [0, 0.1) is 50.2 Å². The van der Waals surface area contributed by atoms with Crippen molar-refractivity contribution in [3.63, 3.8) is 0 Å². The number of esters is 1. The molecular weight excluding hydrogens is 1120 g/mol. The van der Waals surface area contributed by atoms with Gasteiger partial charge in [0.15, 0.2) is 37.4 Å². The summed E-state index contributed by atoms with van der Waals surface area (Å²) < 4.78 is 58.4. The van der Waals surface area contributed by atoms with Crippen LogP contribution in [0.25, 0.3) is 0 Å². The molecule has 0 spiro atoms. The van der Waals surface area contributed by atoms with Crippen molar-refractivity contribution in [1.82, 2.24) is 0 Å². The van der Waals surface area contributed by atoms with Crippen molar-refractivity contribution in [2.45, 2.75) is 260 Å². The van der Waals surface area contributed by atoms with E-state index in [0.29, 0.717) is 32.1 Å². The van der Waals surface area contributed by atoms with Crippen LogP contribution in [0.15, 0.2) is 11.6 Å². The summed E-state index contributed by atoms with van der Waals surface area (Å²) >= 11 is 0. The van der Waals surface area contributed by atoms with Crippen molar-refractivity contribution in [2.24, 2.45) is 50.2 Å². The Hall–Kier alpha value is -2.24. The maximum atomic E-state index is 15.4. The molecule has 10 aliphatic rings. The lowest BCUT2D eigenvalue weighted by molar-refractivity contribution is -0.375. The molecule has 0 aromatic rings. The normalized spacial score (nSPS) is 54.6. The van der Waals surface area contributed by atoms with E-state index in [1.54, 1.807) is 0 Å². The Morgan fingerprint density at radius 3 is 1.77 bits per heavy atom. The number of carboxylic acids is 1. The molecule has 5 aliphatic carbocycles. The highest BCUT2D eigenvalue weighted by molar-refractivity contribution is 5.80. The van der Waals surface area contributed by atoms with E-state index in [0.717, 1.165) is 5.57 Å². The summed E-state index contributed by atoms with van der Waals surface area (Å²) in [6.45, 7) is 14.7. The molecule has 15 N–H and O–H groups in total. The number of aliphatic hydroxyl groups is 14. The first-order chi connectivity index (χ1) is 39.1. The molecule has 27 heteroatoms. The first kappa shape index (κ1) is 64.7. The van der Waals surface area contributed by atoms with Crippen LogP contribution in [0.4, 0.5) is 0 Å². The standard InChI is InChI=1S/C57H90O27/c1-21-40(79-47-39(71)41(27(61)20-76-47)80-46-36(68)31(63)25(59)18-75-46)35(67)38(70)48(78-21)82-43-32(64)26(60)19-77-50(43)84-51(74)57-14-13-52(2,3)15-23(57)22-9-10-29-54(6)16-24(58)44(83-49-37(69)33(65)34(66)42(81-49)45(72)73)53(4,5)28(54)11-12-55(29,7)56(22,8)17-30(57)62/h9,21,23-44,46-50,58-71H,10-20H2,1-8H3,(H,72,73)/t21-,23-,24-,25+,26-,27+,28-,29+,30+,31-,32-,33-,34-,35-,36+,37+,38+,39+,40-,41-,42-,43+,44-,46-,47-,48-,49-,50-,54-,55+,56+,57+/m0/s1. The van der Waals surface area contributed by atoms with E-state index in [-0.39, 0.29) is 36.5 Å². The molecule has 0 aromatic heterocycles. The Bertz CT molecular complexity index is 2410. The Kier molecular flexibility index (Phi) is 17.9. The molecule has 0 bridgehead atoms. The smallest absolute Gasteiger partial charge is 0.335 e. The second-order valence-corrected chi connectivity index (χ2v) is 28.0. The Morgan fingerprint density at radius 2 is 1.11 bits per heavy atom.